The van der Waals surface area contributed by atoms with Crippen molar-refractivity contribution in [3.05, 3.63) is 29.8 Å². The van der Waals surface area contributed by atoms with E-state index in [1.807, 2.05) is 32.9 Å². The second-order valence-electron chi connectivity index (χ2n) is 8.19. The maximum atomic E-state index is 12.8. The second-order valence-corrected chi connectivity index (χ2v) is 9.58. The third-order valence-electron chi connectivity index (χ3n) is 4.57. The molecule has 0 spiro atoms. The number of nitrogens with one attached hydrogen (secondary N) is 2. The molecule has 2 rings (SSSR count). The van der Waals surface area contributed by atoms with Crippen LogP contribution in [-0.4, -0.2) is 59.8 Å². The lowest BCUT2D eigenvalue weighted by atomic mass is 10.0. The number of amides is 3. The minimum absolute atomic E-state index is 0.0114. The number of rotatable bonds is 5. The van der Waals surface area contributed by atoms with E-state index in [2.05, 4.69) is 10.6 Å². The molecule has 2 N–H and O–H groups in total. The number of hydrogen-bond donors (Lipinski definition) is 2. The van der Waals surface area contributed by atoms with Gasteiger partial charge in [-0.3, -0.25) is 9.59 Å². The van der Waals surface area contributed by atoms with Gasteiger partial charge in [0.1, 0.15) is 5.25 Å². The summed E-state index contributed by atoms with van der Waals surface area (Å²) < 4.78 is 4.77. The predicted octanol–water partition coefficient (Wildman–Crippen LogP) is 3.04. The zero-order valence-corrected chi connectivity index (χ0v) is 18.6. The lowest BCUT2D eigenvalue weighted by Gasteiger charge is -2.34. The predicted molar refractivity (Wildman–Crippen MR) is 114 cm³/mol. The zero-order valence-electron chi connectivity index (χ0n) is 17.8. The first-order valence-corrected chi connectivity index (χ1v) is 10.7. The van der Waals surface area contributed by atoms with Gasteiger partial charge in [-0.15, -0.1) is 11.8 Å². The number of methoxy groups -OCH3 is 1. The Morgan fingerprint density at radius 3 is 2.38 bits per heavy atom. The van der Waals surface area contributed by atoms with E-state index < -0.39 is 5.25 Å². The maximum absolute atomic E-state index is 12.8. The normalized spacial score (nSPS) is 16.1. The van der Waals surface area contributed by atoms with E-state index in [4.69, 9.17) is 4.74 Å². The summed E-state index contributed by atoms with van der Waals surface area (Å²) in [7, 11) is 1.35. The number of benzene rings is 1. The molecule has 0 bridgehead atoms. The fourth-order valence-electron chi connectivity index (χ4n) is 3.05. The van der Waals surface area contributed by atoms with Gasteiger partial charge in [-0.1, -0.05) is 12.1 Å². The first-order valence-electron chi connectivity index (χ1n) is 9.82. The zero-order chi connectivity index (χ0) is 21.6. The number of likely N-dealkylation sites (tertiary alicyclic amines) is 1. The van der Waals surface area contributed by atoms with Crippen LogP contribution >= 0.6 is 11.8 Å². The number of urea groups is 1. The molecule has 7 nitrogen and oxygen atoms in total. The van der Waals surface area contributed by atoms with Crippen LogP contribution in [0.5, 0.6) is 0 Å². The monoisotopic (exact) mass is 421 g/mol. The van der Waals surface area contributed by atoms with Crippen molar-refractivity contribution in [3.8, 4) is 0 Å². The van der Waals surface area contributed by atoms with Crippen LogP contribution < -0.4 is 10.6 Å². The van der Waals surface area contributed by atoms with Gasteiger partial charge in [0.25, 0.3) is 5.91 Å². The van der Waals surface area contributed by atoms with Crippen molar-refractivity contribution in [1.29, 1.82) is 0 Å². The molecule has 1 atom stereocenters. The molecule has 1 fully saturated rings. The largest absolute Gasteiger partial charge is 0.468 e. The van der Waals surface area contributed by atoms with Crippen LogP contribution in [0.1, 0.15) is 50.9 Å². The van der Waals surface area contributed by atoms with Gasteiger partial charge in [0, 0.05) is 29.6 Å². The smallest absolute Gasteiger partial charge is 0.318 e. The number of carbonyl (C=O) groups is 3. The third-order valence-corrected chi connectivity index (χ3v) is 5.72. The van der Waals surface area contributed by atoms with Crippen molar-refractivity contribution in [2.24, 2.45) is 0 Å². The molecular formula is C21H31N3O4S. The molecule has 1 aromatic carbocycles. The summed E-state index contributed by atoms with van der Waals surface area (Å²) in [5, 5.41) is 5.64. The second kappa shape index (κ2) is 10.0. The Kier molecular flexibility index (Phi) is 7.96. The van der Waals surface area contributed by atoms with Crippen molar-refractivity contribution in [2.45, 2.75) is 62.3 Å². The van der Waals surface area contributed by atoms with Crippen LogP contribution in [0.25, 0.3) is 0 Å². The van der Waals surface area contributed by atoms with Crippen LogP contribution in [0.2, 0.25) is 0 Å². The molecule has 1 aromatic rings. The van der Waals surface area contributed by atoms with E-state index in [9.17, 15) is 14.4 Å². The Bertz CT molecular complexity index is 740. The molecule has 0 unspecified atom stereocenters. The topological polar surface area (TPSA) is 87.7 Å². The average Bonchev–Trinajstić information content (AvgIpc) is 2.66. The van der Waals surface area contributed by atoms with Crippen molar-refractivity contribution < 1.29 is 19.1 Å². The number of ether oxygens (including phenoxy) is 1. The van der Waals surface area contributed by atoms with Gasteiger partial charge in [-0.2, -0.15) is 0 Å². The molecule has 0 aliphatic carbocycles. The molecular weight excluding hydrogens is 390 g/mol. The molecule has 160 valence electrons. The van der Waals surface area contributed by atoms with Crippen molar-refractivity contribution >= 4 is 29.7 Å². The lowest BCUT2D eigenvalue weighted by molar-refractivity contribution is -0.139. The van der Waals surface area contributed by atoms with E-state index in [0.717, 1.165) is 4.90 Å². The fourth-order valence-corrected chi connectivity index (χ4v) is 4.07. The van der Waals surface area contributed by atoms with E-state index in [0.29, 0.717) is 31.5 Å². The number of nitrogens with zero attached hydrogens (tertiary/aromatic N) is 1. The summed E-state index contributed by atoms with van der Waals surface area (Å²) in [6.45, 7) is 8.81. The number of esters is 1. The molecule has 1 aliphatic rings. The Hall–Kier alpha value is -2.22. The molecule has 1 saturated heterocycles. The highest BCUT2D eigenvalue weighted by Crippen LogP contribution is 2.27. The number of carbonyl (C=O) groups excluding carboxylic acids is 3. The first-order chi connectivity index (χ1) is 13.6. The van der Waals surface area contributed by atoms with Crippen molar-refractivity contribution in [2.75, 3.05) is 20.2 Å². The summed E-state index contributed by atoms with van der Waals surface area (Å²) in [6.07, 6.45) is 1.41. The minimum atomic E-state index is -0.404. The highest BCUT2D eigenvalue weighted by atomic mass is 32.2. The highest BCUT2D eigenvalue weighted by molar-refractivity contribution is 8.00. The molecule has 8 heteroatoms. The standard InChI is InChI=1S/C21H31N3O4S/c1-14(19(26)28-5)29-17-9-7-6-8-16(17)18(25)22-15-10-12-24(13-11-15)20(27)23-21(2,3)4/h6-9,14-15H,10-13H2,1-5H3,(H,22,25)(H,23,27)/t14-/m0/s1. The number of hydrogen-bond acceptors (Lipinski definition) is 5. The van der Waals surface area contributed by atoms with Crippen LogP contribution in [0, 0.1) is 0 Å². The summed E-state index contributed by atoms with van der Waals surface area (Å²) in [6, 6.07) is 7.18. The van der Waals surface area contributed by atoms with Gasteiger partial charge in [-0.25, -0.2) is 4.79 Å². The van der Waals surface area contributed by atoms with Crippen molar-refractivity contribution in [1.82, 2.24) is 15.5 Å². The summed E-state index contributed by atoms with van der Waals surface area (Å²) in [5.41, 5.74) is 0.270. The van der Waals surface area contributed by atoms with E-state index in [1.165, 1.54) is 18.9 Å². The highest BCUT2D eigenvalue weighted by Gasteiger charge is 2.27. The summed E-state index contributed by atoms with van der Waals surface area (Å²) in [4.78, 5) is 39.3. The third kappa shape index (κ3) is 6.96. The Morgan fingerprint density at radius 2 is 1.79 bits per heavy atom. The van der Waals surface area contributed by atoms with Gasteiger partial charge in [-0.05, 0) is 52.7 Å². The average molecular weight is 422 g/mol. The lowest BCUT2D eigenvalue weighted by Crippen LogP contribution is -2.53. The maximum Gasteiger partial charge on any atom is 0.318 e. The Labute approximate surface area is 176 Å². The minimum Gasteiger partial charge on any atom is -0.468 e. The Balaban J connectivity index is 1.93. The molecule has 1 heterocycles. The first kappa shape index (κ1) is 23.1. The van der Waals surface area contributed by atoms with E-state index in [1.54, 1.807) is 24.0 Å². The van der Waals surface area contributed by atoms with Gasteiger partial charge < -0.3 is 20.3 Å². The van der Waals surface area contributed by atoms with Gasteiger partial charge in [0.2, 0.25) is 0 Å². The fraction of sp³-hybridized carbons (Fsp3) is 0.571. The molecule has 0 saturated carbocycles. The molecule has 1 aliphatic heterocycles. The Morgan fingerprint density at radius 1 is 1.17 bits per heavy atom. The summed E-state index contributed by atoms with van der Waals surface area (Å²) >= 11 is 1.31. The van der Waals surface area contributed by atoms with Crippen LogP contribution in [-0.2, 0) is 9.53 Å². The molecule has 29 heavy (non-hydrogen) atoms. The van der Waals surface area contributed by atoms with Gasteiger partial charge in [0.05, 0.1) is 12.7 Å². The summed E-state index contributed by atoms with van der Waals surface area (Å²) in [5.74, 6) is -0.492. The number of piperidine rings is 1. The van der Waals surface area contributed by atoms with E-state index >= 15 is 0 Å². The quantitative estimate of drug-likeness (QED) is 0.564. The van der Waals surface area contributed by atoms with Crippen LogP contribution in [0.4, 0.5) is 4.79 Å². The molecule has 3 amide bonds. The van der Waals surface area contributed by atoms with Crippen molar-refractivity contribution in [3.63, 3.8) is 0 Å². The molecule has 0 aromatic heterocycles. The van der Waals surface area contributed by atoms with Crippen LogP contribution in [0.15, 0.2) is 29.2 Å². The van der Waals surface area contributed by atoms with Gasteiger partial charge >= 0.3 is 12.0 Å². The van der Waals surface area contributed by atoms with Gasteiger partial charge in [0.15, 0.2) is 0 Å². The van der Waals surface area contributed by atoms with E-state index in [-0.39, 0.29) is 29.5 Å². The SMILES string of the molecule is COC(=O)[C@H](C)Sc1ccccc1C(=O)NC1CCN(C(=O)NC(C)(C)C)CC1. The molecule has 0 radical (unpaired) electrons. The van der Waals surface area contributed by atoms with Crippen LogP contribution in [0.3, 0.4) is 0 Å². The number of thioether (sulfide) groups is 1.